The fourth-order valence-electron chi connectivity index (χ4n) is 3.30. The zero-order valence-corrected chi connectivity index (χ0v) is 20.1. The first-order valence-electron chi connectivity index (χ1n) is 10.7. The molecule has 0 bridgehead atoms. The molecule has 1 N–H and O–H groups in total. The molecular weight excluding hydrogens is 487 g/mol. The Balaban J connectivity index is 1.54. The van der Waals surface area contributed by atoms with Crippen LogP contribution in [0.15, 0.2) is 90.0 Å². The molecule has 4 rings (SSSR count). The monoisotopic (exact) mass is 506 g/mol. The molecular formula is C27H20Cl2N2O4. The molecule has 0 aliphatic carbocycles. The maximum Gasteiger partial charge on any atom is 0.345 e. The molecule has 6 nitrogen and oxygen atoms in total. The Morgan fingerprint density at radius 2 is 1.63 bits per heavy atom. The molecule has 0 aliphatic rings. The Morgan fingerprint density at radius 1 is 0.914 bits per heavy atom. The van der Waals surface area contributed by atoms with E-state index < -0.39 is 18.0 Å². The van der Waals surface area contributed by atoms with Crippen molar-refractivity contribution in [2.45, 2.75) is 13.0 Å². The summed E-state index contributed by atoms with van der Waals surface area (Å²) in [5, 5.41) is 6.65. The van der Waals surface area contributed by atoms with Crippen molar-refractivity contribution >= 4 is 52.1 Å². The number of benzene rings is 4. The van der Waals surface area contributed by atoms with Crippen LogP contribution >= 0.6 is 23.2 Å². The van der Waals surface area contributed by atoms with Crippen LogP contribution in [0.2, 0.25) is 10.0 Å². The number of hydrogen-bond donors (Lipinski definition) is 1. The van der Waals surface area contributed by atoms with Gasteiger partial charge in [0.25, 0.3) is 5.91 Å². The van der Waals surface area contributed by atoms with Crippen LogP contribution in [0.4, 0.5) is 0 Å². The Kier molecular flexibility index (Phi) is 7.65. The third kappa shape index (κ3) is 5.98. The van der Waals surface area contributed by atoms with Crippen molar-refractivity contribution in [2.75, 3.05) is 0 Å². The molecule has 4 aromatic carbocycles. The van der Waals surface area contributed by atoms with Crippen molar-refractivity contribution in [1.29, 1.82) is 0 Å². The minimum Gasteiger partial charge on any atom is -0.481 e. The number of amides is 1. The zero-order chi connectivity index (χ0) is 24.8. The summed E-state index contributed by atoms with van der Waals surface area (Å²) in [5.74, 6) is -0.276. The number of nitrogens with one attached hydrogen (secondary N) is 1. The van der Waals surface area contributed by atoms with Gasteiger partial charge >= 0.3 is 5.97 Å². The largest absolute Gasteiger partial charge is 0.481 e. The molecule has 0 unspecified atom stereocenters. The minimum atomic E-state index is -0.807. The standard InChI is InChI=1S/C27H20Cl2N2O4/c1-17(34-20-13-11-19(28)12-14-20)26(32)31-30-16-23-21-7-3-2-6-18(21)10-15-25(23)35-27(33)22-8-4-5-9-24(22)29/h2-17H,1H3,(H,31,32)/b30-16-/t17-/m1/s1. The van der Waals surface area contributed by atoms with E-state index in [4.69, 9.17) is 32.7 Å². The Bertz CT molecular complexity index is 1400. The number of ether oxygens (including phenoxy) is 2. The Hall–Kier alpha value is -3.87. The molecule has 1 amide bonds. The maximum absolute atomic E-state index is 12.7. The average molecular weight is 507 g/mol. The lowest BCUT2D eigenvalue weighted by molar-refractivity contribution is -0.127. The lowest BCUT2D eigenvalue weighted by Crippen LogP contribution is -2.33. The summed E-state index contributed by atoms with van der Waals surface area (Å²) in [6.45, 7) is 1.61. The first kappa shape index (κ1) is 24.3. The van der Waals surface area contributed by atoms with Gasteiger partial charge in [-0.3, -0.25) is 4.79 Å². The zero-order valence-electron chi connectivity index (χ0n) is 18.6. The third-order valence-corrected chi connectivity index (χ3v) is 5.67. The summed E-state index contributed by atoms with van der Waals surface area (Å²) in [4.78, 5) is 25.2. The van der Waals surface area contributed by atoms with E-state index in [0.717, 1.165) is 10.8 Å². The maximum atomic E-state index is 12.7. The minimum absolute atomic E-state index is 0.242. The number of hydrogen-bond acceptors (Lipinski definition) is 5. The molecule has 176 valence electrons. The molecule has 4 aromatic rings. The molecule has 0 saturated heterocycles. The number of carbonyl (C=O) groups is 2. The predicted molar refractivity (Wildman–Crippen MR) is 138 cm³/mol. The summed E-state index contributed by atoms with van der Waals surface area (Å²) < 4.78 is 11.3. The number of hydrazone groups is 1. The molecule has 0 spiro atoms. The van der Waals surface area contributed by atoms with Gasteiger partial charge in [-0.1, -0.05) is 65.7 Å². The Morgan fingerprint density at radius 3 is 2.40 bits per heavy atom. The van der Waals surface area contributed by atoms with Crippen LogP contribution in [0.5, 0.6) is 11.5 Å². The smallest absolute Gasteiger partial charge is 0.345 e. The topological polar surface area (TPSA) is 77.0 Å². The van der Waals surface area contributed by atoms with Crippen LogP contribution < -0.4 is 14.9 Å². The van der Waals surface area contributed by atoms with E-state index >= 15 is 0 Å². The van der Waals surface area contributed by atoms with Gasteiger partial charge in [0.1, 0.15) is 11.5 Å². The molecule has 0 fully saturated rings. The van der Waals surface area contributed by atoms with Gasteiger partial charge < -0.3 is 9.47 Å². The van der Waals surface area contributed by atoms with Gasteiger partial charge in [0.2, 0.25) is 0 Å². The fraction of sp³-hybridized carbons (Fsp3) is 0.0741. The van der Waals surface area contributed by atoms with Gasteiger partial charge in [-0.05, 0) is 60.2 Å². The van der Waals surface area contributed by atoms with Gasteiger partial charge in [0, 0.05) is 10.6 Å². The van der Waals surface area contributed by atoms with E-state index in [9.17, 15) is 9.59 Å². The normalized spacial score (nSPS) is 11.9. The summed E-state index contributed by atoms with van der Waals surface area (Å²) >= 11 is 12.0. The fourth-order valence-corrected chi connectivity index (χ4v) is 3.64. The molecule has 0 heterocycles. The van der Waals surface area contributed by atoms with E-state index in [1.807, 2.05) is 30.3 Å². The van der Waals surface area contributed by atoms with Gasteiger partial charge in [-0.15, -0.1) is 0 Å². The van der Waals surface area contributed by atoms with E-state index in [0.29, 0.717) is 16.3 Å². The quantitative estimate of drug-likeness (QED) is 0.138. The van der Waals surface area contributed by atoms with Crippen LogP contribution in [0, 0.1) is 0 Å². The highest BCUT2D eigenvalue weighted by molar-refractivity contribution is 6.33. The van der Waals surface area contributed by atoms with Crippen molar-refractivity contribution < 1.29 is 19.1 Å². The van der Waals surface area contributed by atoms with Crippen LogP contribution in [-0.4, -0.2) is 24.2 Å². The van der Waals surface area contributed by atoms with Crippen molar-refractivity contribution in [1.82, 2.24) is 5.43 Å². The van der Waals surface area contributed by atoms with Crippen molar-refractivity contribution in [3.8, 4) is 11.5 Å². The van der Waals surface area contributed by atoms with Crippen LogP contribution in [0.3, 0.4) is 0 Å². The number of halogens is 2. The highest BCUT2D eigenvalue weighted by Crippen LogP contribution is 2.28. The van der Waals surface area contributed by atoms with Gasteiger partial charge in [0.05, 0.1) is 16.8 Å². The van der Waals surface area contributed by atoms with Gasteiger partial charge in [-0.25, -0.2) is 10.2 Å². The second-order valence-corrected chi connectivity index (χ2v) is 8.36. The summed E-state index contributed by atoms with van der Waals surface area (Å²) in [7, 11) is 0. The number of esters is 1. The van der Waals surface area contributed by atoms with E-state index in [-0.39, 0.29) is 16.3 Å². The number of fused-ring (bicyclic) bond motifs is 1. The molecule has 0 aliphatic heterocycles. The van der Waals surface area contributed by atoms with Crippen LogP contribution in [0.25, 0.3) is 10.8 Å². The Labute approximate surface area is 212 Å². The molecule has 0 radical (unpaired) electrons. The number of nitrogens with zero attached hydrogens (tertiary/aromatic N) is 1. The second kappa shape index (κ2) is 11.0. The van der Waals surface area contributed by atoms with Crippen molar-refractivity contribution in [3.63, 3.8) is 0 Å². The van der Waals surface area contributed by atoms with E-state index in [1.54, 1.807) is 61.5 Å². The molecule has 0 aromatic heterocycles. The number of rotatable bonds is 7. The van der Waals surface area contributed by atoms with Crippen molar-refractivity contribution in [3.05, 3.63) is 106 Å². The van der Waals surface area contributed by atoms with Crippen LogP contribution in [-0.2, 0) is 4.79 Å². The lowest BCUT2D eigenvalue weighted by Gasteiger charge is -2.13. The van der Waals surface area contributed by atoms with E-state index in [2.05, 4.69) is 10.5 Å². The summed E-state index contributed by atoms with van der Waals surface area (Å²) in [5.41, 5.74) is 3.23. The second-order valence-electron chi connectivity index (χ2n) is 7.52. The number of carbonyl (C=O) groups excluding carboxylic acids is 2. The van der Waals surface area contributed by atoms with Crippen LogP contribution in [0.1, 0.15) is 22.8 Å². The van der Waals surface area contributed by atoms with Gasteiger partial charge in [-0.2, -0.15) is 5.10 Å². The first-order chi connectivity index (χ1) is 16.9. The van der Waals surface area contributed by atoms with Crippen molar-refractivity contribution in [2.24, 2.45) is 5.10 Å². The summed E-state index contributed by atoms with van der Waals surface area (Å²) in [6.07, 6.45) is 0.628. The molecule has 35 heavy (non-hydrogen) atoms. The lowest BCUT2D eigenvalue weighted by atomic mass is 10.0. The predicted octanol–water partition coefficient (Wildman–Crippen LogP) is 6.28. The van der Waals surface area contributed by atoms with Gasteiger partial charge in [0.15, 0.2) is 6.10 Å². The highest BCUT2D eigenvalue weighted by atomic mass is 35.5. The highest BCUT2D eigenvalue weighted by Gasteiger charge is 2.17. The molecule has 0 saturated carbocycles. The third-order valence-electron chi connectivity index (χ3n) is 5.09. The van der Waals surface area contributed by atoms with E-state index in [1.165, 1.54) is 6.21 Å². The SMILES string of the molecule is C[C@@H](Oc1ccc(Cl)cc1)C(=O)N/N=C\c1c(OC(=O)c2ccccc2Cl)ccc2ccccc12. The molecule has 1 atom stereocenters. The average Bonchev–Trinajstić information content (AvgIpc) is 2.86. The summed E-state index contributed by atoms with van der Waals surface area (Å²) in [6, 6.07) is 24.4. The molecule has 8 heteroatoms. The first-order valence-corrected chi connectivity index (χ1v) is 11.4.